The van der Waals surface area contributed by atoms with Crippen molar-refractivity contribution in [2.24, 2.45) is 0 Å². The lowest BCUT2D eigenvalue weighted by molar-refractivity contribution is -0.348. The van der Waals surface area contributed by atoms with Crippen molar-refractivity contribution in [1.29, 1.82) is 0 Å². The van der Waals surface area contributed by atoms with Crippen LogP contribution in [0.4, 0.5) is 0 Å². The number of ether oxygens (including phenoxy) is 8. The maximum absolute atomic E-state index is 14.3. The molecule has 0 aliphatic carbocycles. The Morgan fingerprint density at radius 2 is 1.41 bits per heavy atom. The van der Waals surface area contributed by atoms with Crippen molar-refractivity contribution in [3.63, 3.8) is 0 Å². The number of rotatable bonds is 13. The molecule has 0 spiro atoms. The summed E-state index contributed by atoms with van der Waals surface area (Å²) < 4.78 is 50.3. The number of hydrogen-bond acceptors (Lipinski definition) is 24. The summed E-state index contributed by atoms with van der Waals surface area (Å²) in [5.74, 6) is -4.72. The highest BCUT2D eigenvalue weighted by Gasteiger charge is 2.50. The predicted octanol–water partition coefficient (Wildman–Crippen LogP) is -2.62. The van der Waals surface area contributed by atoms with Gasteiger partial charge in [-0.15, -0.1) is 0 Å². The summed E-state index contributed by atoms with van der Waals surface area (Å²) in [6.45, 7) is -2.15. The summed E-state index contributed by atoms with van der Waals surface area (Å²) in [5.41, 5.74) is -1.29. The van der Waals surface area contributed by atoms with Gasteiger partial charge in [0.05, 0.1) is 20.3 Å². The Morgan fingerprint density at radius 3 is 2.11 bits per heavy atom. The molecule has 3 saturated heterocycles. The maximum Gasteiger partial charge on any atom is 0.330 e. The van der Waals surface area contributed by atoms with Gasteiger partial charge in [-0.05, 0) is 42.0 Å². The highest BCUT2D eigenvalue weighted by molar-refractivity contribution is 5.89. The van der Waals surface area contributed by atoms with Gasteiger partial charge in [0.25, 0.3) is 0 Å². The van der Waals surface area contributed by atoms with Crippen LogP contribution in [0.1, 0.15) is 5.56 Å². The van der Waals surface area contributed by atoms with Gasteiger partial charge in [-0.3, -0.25) is 4.79 Å². The summed E-state index contributed by atoms with van der Waals surface area (Å²) in [6.07, 6.45) is -23.2. The molecule has 13 N–H and O–H groups in total. The van der Waals surface area contributed by atoms with Gasteiger partial charge in [0, 0.05) is 23.8 Å². The van der Waals surface area contributed by atoms with Gasteiger partial charge in [0.2, 0.25) is 23.8 Å². The van der Waals surface area contributed by atoms with E-state index in [1.54, 1.807) is 0 Å². The molecule has 66 heavy (non-hydrogen) atoms. The molecule has 0 amide bonds. The van der Waals surface area contributed by atoms with E-state index in [1.807, 2.05) is 0 Å². The second kappa shape index (κ2) is 19.9. The van der Waals surface area contributed by atoms with Crippen LogP contribution >= 0.6 is 0 Å². The molecule has 24 nitrogen and oxygen atoms in total. The first-order chi connectivity index (χ1) is 31.4. The van der Waals surface area contributed by atoms with Crippen LogP contribution in [0.25, 0.3) is 28.4 Å². The third-order valence-electron chi connectivity index (χ3n) is 10.9. The SMILES string of the molecule is COc1cc(C=CC(=O)OCC2OC(OC3C(Oc4c(-c5ccc(O)c(O)c5)oc5cc(OC6OC(CO)C(O)C(O)C6O)cc(O)c5c4=O)OCC(O)C3O)C(O)C(O)C2O)ccc1O. The second-order valence-corrected chi connectivity index (χ2v) is 15.3. The standard InChI is InChI=1S/C42H46O24/c1-58-23-8-15(2-5-19(23)45)3-7-27(49)59-14-26-31(52)34(55)36(57)41(64-26)66-39-29(50)22(48)13-60-42(39)65-38-32(53)28-21(47)10-17(61-40-35(56)33(54)30(51)25(12-43)63-40)11-24(28)62-37(38)16-4-6-18(44)20(46)9-16/h2-11,22,25-26,29-31,33-36,39-48,50-52,54-57H,12-14H2,1H3. The quantitative estimate of drug-likeness (QED) is 0.0371. The Morgan fingerprint density at radius 1 is 0.727 bits per heavy atom. The zero-order chi connectivity index (χ0) is 47.7. The van der Waals surface area contributed by atoms with E-state index in [0.29, 0.717) is 5.56 Å². The molecule has 14 atom stereocenters. The molecule has 358 valence electrons. The average molecular weight is 935 g/mol. The Bertz CT molecular complexity index is 2460. The first-order valence-electron chi connectivity index (χ1n) is 19.9. The van der Waals surface area contributed by atoms with Gasteiger partial charge in [-0.2, -0.15) is 0 Å². The number of fused-ring (bicyclic) bond motifs is 1. The fraction of sp³-hybridized carbons (Fsp3) is 0.429. The van der Waals surface area contributed by atoms with Gasteiger partial charge < -0.3 is 109 Å². The highest BCUT2D eigenvalue weighted by Crippen LogP contribution is 2.40. The van der Waals surface area contributed by atoms with Crippen molar-refractivity contribution in [2.75, 3.05) is 26.9 Å². The first-order valence-corrected chi connectivity index (χ1v) is 19.9. The summed E-state index contributed by atoms with van der Waals surface area (Å²) in [6, 6.07) is 9.35. The molecule has 4 heterocycles. The van der Waals surface area contributed by atoms with Gasteiger partial charge in [0.1, 0.15) is 90.1 Å². The first kappa shape index (κ1) is 48.1. The van der Waals surface area contributed by atoms with Crippen LogP contribution in [-0.4, -0.2) is 185 Å². The summed E-state index contributed by atoms with van der Waals surface area (Å²) in [7, 11) is 1.33. The van der Waals surface area contributed by atoms with Crippen LogP contribution in [0, 0.1) is 0 Å². The molecular weight excluding hydrogens is 888 g/mol. The number of phenolic OH excluding ortho intramolecular Hbond substituents is 4. The largest absolute Gasteiger partial charge is 0.507 e. The highest BCUT2D eigenvalue weighted by atomic mass is 16.8. The molecule has 7 rings (SSSR count). The number of carbonyl (C=O) groups is 1. The molecular formula is C42H46O24. The number of hydrogen-bond donors (Lipinski definition) is 13. The van der Waals surface area contributed by atoms with E-state index < -0.39 is 157 Å². The molecule has 0 bridgehead atoms. The van der Waals surface area contributed by atoms with Crippen LogP contribution in [0.3, 0.4) is 0 Å². The predicted molar refractivity (Wildman–Crippen MR) is 216 cm³/mol. The molecule has 14 unspecified atom stereocenters. The number of phenols is 4. The summed E-state index contributed by atoms with van der Waals surface area (Å²) >= 11 is 0. The molecule has 24 heteroatoms. The average Bonchev–Trinajstić information content (AvgIpc) is 3.29. The number of carbonyl (C=O) groups excluding carboxylic acids is 1. The minimum atomic E-state index is -2.07. The number of aromatic hydroxyl groups is 4. The van der Waals surface area contributed by atoms with Crippen molar-refractivity contribution in [2.45, 2.75) is 86.0 Å². The van der Waals surface area contributed by atoms with E-state index in [4.69, 9.17) is 42.3 Å². The van der Waals surface area contributed by atoms with Gasteiger partial charge in [0.15, 0.2) is 41.2 Å². The summed E-state index contributed by atoms with van der Waals surface area (Å²) in [4.78, 5) is 26.9. The van der Waals surface area contributed by atoms with E-state index in [2.05, 4.69) is 0 Å². The lowest BCUT2D eigenvalue weighted by Crippen LogP contribution is -2.63. The fourth-order valence-electron chi connectivity index (χ4n) is 7.21. The number of aliphatic hydroxyl groups is 9. The molecule has 0 radical (unpaired) electrons. The van der Waals surface area contributed by atoms with Crippen molar-refractivity contribution in [1.82, 2.24) is 0 Å². The number of esters is 1. The lowest BCUT2D eigenvalue weighted by Gasteiger charge is -2.44. The molecule has 3 aromatic carbocycles. The lowest BCUT2D eigenvalue weighted by atomic mass is 9.98. The van der Waals surface area contributed by atoms with Gasteiger partial charge in [-0.1, -0.05) is 6.07 Å². The molecule has 4 aromatic rings. The van der Waals surface area contributed by atoms with Crippen LogP contribution in [0.5, 0.6) is 40.2 Å². The van der Waals surface area contributed by atoms with E-state index in [-0.39, 0.29) is 22.8 Å². The molecule has 3 aliphatic rings. The second-order valence-electron chi connectivity index (χ2n) is 15.3. The molecule has 3 aliphatic heterocycles. The van der Waals surface area contributed by atoms with Crippen molar-refractivity contribution >= 4 is 23.0 Å². The molecule has 0 saturated carbocycles. The van der Waals surface area contributed by atoms with Crippen LogP contribution in [0.15, 0.2) is 63.8 Å². The zero-order valence-electron chi connectivity index (χ0n) is 34.3. The molecule has 1 aromatic heterocycles. The molecule has 3 fully saturated rings. The van der Waals surface area contributed by atoms with E-state index in [1.165, 1.54) is 37.5 Å². The van der Waals surface area contributed by atoms with Crippen molar-refractivity contribution < 1.29 is 113 Å². The van der Waals surface area contributed by atoms with Crippen LogP contribution < -0.4 is 19.6 Å². The normalized spacial score (nSPS) is 31.4. The third kappa shape index (κ3) is 9.81. The van der Waals surface area contributed by atoms with E-state index in [0.717, 1.165) is 30.3 Å². The third-order valence-corrected chi connectivity index (χ3v) is 10.9. The minimum absolute atomic E-state index is 0.133. The number of benzene rings is 3. The van der Waals surface area contributed by atoms with Crippen molar-refractivity contribution in [3.05, 3.63) is 70.4 Å². The Balaban J connectivity index is 1.16. The smallest absolute Gasteiger partial charge is 0.330 e. The number of aliphatic hydroxyl groups excluding tert-OH is 9. The monoisotopic (exact) mass is 934 g/mol. The van der Waals surface area contributed by atoms with Crippen LogP contribution in [0.2, 0.25) is 0 Å². The Labute approximate surface area is 371 Å². The van der Waals surface area contributed by atoms with Gasteiger partial charge >= 0.3 is 5.97 Å². The fourth-order valence-corrected chi connectivity index (χ4v) is 7.21. The topological polar surface area (TPSA) is 384 Å². The van der Waals surface area contributed by atoms with Crippen LogP contribution in [-0.2, 0) is 28.5 Å². The van der Waals surface area contributed by atoms with Crippen molar-refractivity contribution in [3.8, 4) is 51.6 Å². The van der Waals surface area contributed by atoms with Gasteiger partial charge in [-0.25, -0.2) is 4.79 Å². The zero-order valence-corrected chi connectivity index (χ0v) is 34.3. The number of methoxy groups -OCH3 is 1. The Kier molecular flexibility index (Phi) is 14.5. The summed E-state index contributed by atoms with van der Waals surface area (Å²) in [5, 5.41) is 135. The minimum Gasteiger partial charge on any atom is -0.507 e. The van der Waals surface area contributed by atoms with E-state index in [9.17, 15) is 76.0 Å². The van der Waals surface area contributed by atoms with E-state index >= 15 is 0 Å². The Hall–Kier alpha value is -5.84. The maximum atomic E-state index is 14.3.